The smallest absolute Gasteiger partial charge is 0.253 e. The zero-order valence-electron chi connectivity index (χ0n) is 11.8. The van der Waals surface area contributed by atoms with Gasteiger partial charge in [0.1, 0.15) is 6.61 Å². The van der Waals surface area contributed by atoms with Gasteiger partial charge in [0.05, 0.1) is 0 Å². The molecule has 1 heterocycles. The first kappa shape index (κ1) is 14.6. The Bertz CT molecular complexity index is 488. The van der Waals surface area contributed by atoms with Crippen LogP contribution in [0.1, 0.15) is 48.0 Å². The third kappa shape index (κ3) is 4.11. The highest BCUT2D eigenvalue weighted by Crippen LogP contribution is 2.14. The summed E-state index contributed by atoms with van der Waals surface area (Å²) in [6, 6.07) is 7.31. The molecule has 3 nitrogen and oxygen atoms in total. The van der Waals surface area contributed by atoms with Crippen molar-refractivity contribution >= 4 is 5.91 Å². The zero-order valence-corrected chi connectivity index (χ0v) is 11.8. The van der Waals surface area contributed by atoms with E-state index in [2.05, 4.69) is 11.8 Å². The molecule has 3 heteroatoms. The minimum Gasteiger partial charge on any atom is -0.384 e. The fourth-order valence-electron chi connectivity index (χ4n) is 2.47. The molecular formula is C17H21NO2. The molecule has 0 atom stereocenters. The molecule has 0 unspecified atom stereocenters. The van der Waals surface area contributed by atoms with Gasteiger partial charge in [0, 0.05) is 24.2 Å². The van der Waals surface area contributed by atoms with Crippen molar-refractivity contribution in [1.29, 1.82) is 0 Å². The average molecular weight is 271 g/mol. The van der Waals surface area contributed by atoms with Gasteiger partial charge in [-0.05, 0) is 37.1 Å². The summed E-state index contributed by atoms with van der Waals surface area (Å²) in [6.45, 7) is 1.59. The van der Waals surface area contributed by atoms with Crippen LogP contribution < -0.4 is 0 Å². The van der Waals surface area contributed by atoms with Crippen molar-refractivity contribution in [2.75, 3.05) is 19.7 Å². The van der Waals surface area contributed by atoms with Gasteiger partial charge in [-0.15, -0.1) is 0 Å². The quantitative estimate of drug-likeness (QED) is 0.797. The predicted molar refractivity (Wildman–Crippen MR) is 79.4 cm³/mol. The summed E-state index contributed by atoms with van der Waals surface area (Å²) >= 11 is 0. The maximum atomic E-state index is 12.4. The number of hydrogen-bond acceptors (Lipinski definition) is 2. The number of likely N-dealkylation sites (tertiary alicyclic amines) is 1. The summed E-state index contributed by atoms with van der Waals surface area (Å²) in [6.07, 6.45) is 5.94. The summed E-state index contributed by atoms with van der Waals surface area (Å²) in [5, 5.41) is 8.66. The van der Waals surface area contributed by atoms with Crippen LogP contribution in [0.5, 0.6) is 0 Å². The molecule has 0 aromatic heterocycles. The first-order chi connectivity index (χ1) is 9.81. The van der Waals surface area contributed by atoms with E-state index in [1.807, 2.05) is 29.2 Å². The molecule has 1 saturated heterocycles. The van der Waals surface area contributed by atoms with E-state index < -0.39 is 0 Å². The summed E-state index contributed by atoms with van der Waals surface area (Å²) in [5.74, 6) is 5.55. The Morgan fingerprint density at radius 3 is 2.25 bits per heavy atom. The molecule has 106 valence electrons. The maximum Gasteiger partial charge on any atom is 0.253 e. The second-order valence-electron chi connectivity index (χ2n) is 5.10. The molecule has 0 bridgehead atoms. The normalized spacial score (nSPS) is 15.8. The van der Waals surface area contributed by atoms with Crippen LogP contribution in [-0.2, 0) is 0 Å². The van der Waals surface area contributed by atoms with Gasteiger partial charge in [-0.25, -0.2) is 0 Å². The molecule has 1 aromatic carbocycles. The van der Waals surface area contributed by atoms with Gasteiger partial charge in [-0.3, -0.25) is 4.79 Å². The van der Waals surface area contributed by atoms with Gasteiger partial charge in [0.15, 0.2) is 0 Å². The average Bonchev–Trinajstić information content (AvgIpc) is 2.45. The number of nitrogens with zero attached hydrogens (tertiary/aromatic N) is 1. The fourth-order valence-corrected chi connectivity index (χ4v) is 2.47. The number of hydrogen-bond donors (Lipinski definition) is 1. The lowest BCUT2D eigenvalue weighted by Crippen LogP contribution is -2.33. The van der Waals surface area contributed by atoms with E-state index in [1.165, 1.54) is 19.3 Å². The van der Waals surface area contributed by atoms with E-state index in [0.29, 0.717) is 0 Å². The highest BCUT2D eigenvalue weighted by molar-refractivity contribution is 5.94. The van der Waals surface area contributed by atoms with Crippen molar-refractivity contribution in [2.45, 2.75) is 32.1 Å². The Morgan fingerprint density at radius 2 is 1.65 bits per heavy atom. The highest BCUT2D eigenvalue weighted by atomic mass is 16.2. The van der Waals surface area contributed by atoms with Gasteiger partial charge in [-0.1, -0.05) is 31.1 Å². The van der Waals surface area contributed by atoms with E-state index in [-0.39, 0.29) is 12.5 Å². The predicted octanol–water partition coefficient (Wildman–Crippen LogP) is 2.44. The number of benzene rings is 1. The van der Waals surface area contributed by atoms with Crippen LogP contribution in [0.25, 0.3) is 0 Å². The Kier molecular flexibility index (Phi) is 5.64. The summed E-state index contributed by atoms with van der Waals surface area (Å²) in [5.41, 5.74) is 1.54. The summed E-state index contributed by atoms with van der Waals surface area (Å²) in [4.78, 5) is 14.4. The van der Waals surface area contributed by atoms with Crippen molar-refractivity contribution in [3.05, 3.63) is 35.4 Å². The molecule has 0 aliphatic carbocycles. The van der Waals surface area contributed by atoms with Crippen LogP contribution in [0, 0.1) is 11.8 Å². The lowest BCUT2D eigenvalue weighted by molar-refractivity contribution is 0.0742. The monoisotopic (exact) mass is 271 g/mol. The SMILES string of the molecule is O=C(c1ccc(C#CCO)cc1)N1CCCCCCC1. The van der Waals surface area contributed by atoms with Crippen LogP contribution in [0.15, 0.2) is 24.3 Å². The van der Waals surface area contributed by atoms with Crippen molar-refractivity contribution in [3.8, 4) is 11.8 Å². The number of aliphatic hydroxyl groups excluding tert-OH is 1. The molecule has 20 heavy (non-hydrogen) atoms. The van der Waals surface area contributed by atoms with Gasteiger partial charge in [-0.2, -0.15) is 0 Å². The van der Waals surface area contributed by atoms with E-state index in [1.54, 1.807) is 0 Å². The van der Waals surface area contributed by atoms with E-state index >= 15 is 0 Å². The second kappa shape index (κ2) is 7.72. The molecule has 1 aromatic rings. The van der Waals surface area contributed by atoms with Crippen LogP contribution >= 0.6 is 0 Å². The standard InChI is InChI=1S/C17H21NO2/c19-14-6-7-15-8-10-16(11-9-15)17(20)18-12-4-2-1-3-5-13-18/h8-11,19H,1-5,12-14H2. The molecule has 2 rings (SSSR count). The molecule has 0 radical (unpaired) electrons. The topological polar surface area (TPSA) is 40.5 Å². The van der Waals surface area contributed by atoms with Gasteiger partial charge in [0.2, 0.25) is 0 Å². The lowest BCUT2D eigenvalue weighted by atomic mass is 10.1. The molecule has 1 fully saturated rings. The molecule has 0 spiro atoms. The van der Waals surface area contributed by atoms with Crippen molar-refractivity contribution < 1.29 is 9.90 Å². The molecule has 1 aliphatic heterocycles. The van der Waals surface area contributed by atoms with E-state index in [4.69, 9.17) is 5.11 Å². The van der Waals surface area contributed by atoms with Gasteiger partial charge < -0.3 is 10.0 Å². The highest BCUT2D eigenvalue weighted by Gasteiger charge is 2.16. The third-order valence-corrected chi connectivity index (χ3v) is 3.59. The zero-order chi connectivity index (χ0) is 14.2. The fraction of sp³-hybridized carbons (Fsp3) is 0.471. The molecule has 1 amide bonds. The Labute approximate surface area is 120 Å². The number of aliphatic hydroxyl groups is 1. The number of rotatable bonds is 1. The van der Waals surface area contributed by atoms with Crippen molar-refractivity contribution in [1.82, 2.24) is 4.90 Å². The third-order valence-electron chi connectivity index (χ3n) is 3.59. The van der Waals surface area contributed by atoms with Gasteiger partial charge >= 0.3 is 0 Å². The largest absolute Gasteiger partial charge is 0.384 e. The van der Waals surface area contributed by atoms with Crippen molar-refractivity contribution in [2.24, 2.45) is 0 Å². The van der Waals surface area contributed by atoms with Crippen LogP contribution in [0.3, 0.4) is 0 Å². The van der Waals surface area contributed by atoms with Crippen LogP contribution in [-0.4, -0.2) is 35.6 Å². The number of amides is 1. The lowest BCUT2D eigenvalue weighted by Gasteiger charge is -2.24. The summed E-state index contributed by atoms with van der Waals surface area (Å²) in [7, 11) is 0. The number of carbonyl (C=O) groups excluding carboxylic acids is 1. The first-order valence-electron chi connectivity index (χ1n) is 7.30. The Morgan fingerprint density at radius 1 is 1.05 bits per heavy atom. The molecule has 1 N–H and O–H groups in total. The summed E-state index contributed by atoms with van der Waals surface area (Å²) < 4.78 is 0. The van der Waals surface area contributed by atoms with Crippen LogP contribution in [0.2, 0.25) is 0 Å². The maximum absolute atomic E-state index is 12.4. The van der Waals surface area contributed by atoms with E-state index in [9.17, 15) is 4.79 Å². The van der Waals surface area contributed by atoms with E-state index in [0.717, 1.165) is 37.1 Å². The molecular weight excluding hydrogens is 250 g/mol. The Hall–Kier alpha value is -1.79. The van der Waals surface area contributed by atoms with Crippen molar-refractivity contribution in [3.63, 3.8) is 0 Å². The first-order valence-corrected chi connectivity index (χ1v) is 7.30. The second-order valence-corrected chi connectivity index (χ2v) is 5.10. The van der Waals surface area contributed by atoms with Gasteiger partial charge in [0.25, 0.3) is 5.91 Å². The Balaban J connectivity index is 2.03. The van der Waals surface area contributed by atoms with Crippen LogP contribution in [0.4, 0.5) is 0 Å². The molecule has 1 aliphatic rings. The minimum atomic E-state index is -0.144. The number of carbonyl (C=O) groups is 1. The molecule has 0 saturated carbocycles. The minimum absolute atomic E-state index is 0.119.